The number of nitro benzene ring substituents is 1. The molecule has 0 aliphatic rings. The van der Waals surface area contributed by atoms with E-state index in [2.05, 4.69) is 5.10 Å². The van der Waals surface area contributed by atoms with E-state index in [9.17, 15) is 14.9 Å². The Morgan fingerprint density at radius 1 is 1.40 bits per heavy atom. The van der Waals surface area contributed by atoms with Crippen LogP contribution in [0.4, 0.5) is 5.69 Å². The van der Waals surface area contributed by atoms with Gasteiger partial charge in [0.05, 0.1) is 10.5 Å². The molecule has 6 heteroatoms. The molecule has 6 nitrogen and oxygen atoms in total. The number of hydrogen-bond donors (Lipinski definition) is 0. The van der Waals surface area contributed by atoms with Gasteiger partial charge in [-0.15, -0.1) is 0 Å². The third kappa shape index (κ3) is 2.59. The molecule has 0 spiro atoms. The average molecular weight is 273 g/mol. The number of carbonyl (C=O) groups excluding carboxylic acids is 1. The van der Waals surface area contributed by atoms with Gasteiger partial charge in [-0.25, -0.2) is 0 Å². The Kier molecular flexibility index (Phi) is 3.93. The Labute approximate surface area is 116 Å². The summed E-state index contributed by atoms with van der Waals surface area (Å²) in [6, 6.07) is 6.22. The van der Waals surface area contributed by atoms with Gasteiger partial charge in [0.1, 0.15) is 5.69 Å². The van der Waals surface area contributed by atoms with Gasteiger partial charge in [0.25, 0.3) is 5.69 Å². The van der Waals surface area contributed by atoms with Crippen LogP contribution in [0, 0.1) is 10.1 Å². The first-order chi connectivity index (χ1) is 9.56. The molecule has 1 aromatic carbocycles. The molecule has 2 aromatic rings. The van der Waals surface area contributed by atoms with Gasteiger partial charge in [0.2, 0.25) is 0 Å². The molecule has 1 atom stereocenters. The average Bonchev–Trinajstić information content (AvgIpc) is 2.90. The molecule has 104 valence electrons. The third-order valence-electron chi connectivity index (χ3n) is 3.28. The molecule has 0 radical (unpaired) electrons. The summed E-state index contributed by atoms with van der Waals surface area (Å²) >= 11 is 0. The highest BCUT2D eigenvalue weighted by Gasteiger charge is 2.14. The zero-order valence-corrected chi connectivity index (χ0v) is 11.3. The standard InChI is InChI=1S/C14H15N3O3/c1-3-10(2)16-8-12(9-18)14(15-16)11-4-6-13(7-5-11)17(19)20/h4-10H,3H2,1-2H3. The van der Waals surface area contributed by atoms with Gasteiger partial charge in [0.15, 0.2) is 6.29 Å². The van der Waals surface area contributed by atoms with Crippen LogP contribution < -0.4 is 0 Å². The Balaban J connectivity index is 2.43. The summed E-state index contributed by atoms with van der Waals surface area (Å²) in [5.41, 5.74) is 1.75. The van der Waals surface area contributed by atoms with Crippen molar-refractivity contribution in [2.45, 2.75) is 26.3 Å². The summed E-state index contributed by atoms with van der Waals surface area (Å²) in [6.07, 6.45) is 3.36. The van der Waals surface area contributed by atoms with Crippen LogP contribution >= 0.6 is 0 Å². The van der Waals surface area contributed by atoms with E-state index in [1.807, 2.05) is 13.8 Å². The van der Waals surface area contributed by atoms with Gasteiger partial charge < -0.3 is 0 Å². The zero-order valence-electron chi connectivity index (χ0n) is 11.3. The highest BCUT2D eigenvalue weighted by molar-refractivity contribution is 5.85. The van der Waals surface area contributed by atoms with Gasteiger partial charge in [-0.3, -0.25) is 19.6 Å². The van der Waals surface area contributed by atoms with E-state index in [1.54, 1.807) is 23.0 Å². The summed E-state index contributed by atoms with van der Waals surface area (Å²) in [7, 11) is 0. The molecule has 20 heavy (non-hydrogen) atoms. The van der Waals surface area contributed by atoms with Crippen LogP contribution in [0.1, 0.15) is 36.7 Å². The minimum Gasteiger partial charge on any atom is -0.298 e. The van der Waals surface area contributed by atoms with Crippen molar-refractivity contribution < 1.29 is 9.72 Å². The van der Waals surface area contributed by atoms with E-state index < -0.39 is 4.92 Å². The number of benzene rings is 1. The zero-order chi connectivity index (χ0) is 14.7. The molecule has 0 N–H and O–H groups in total. The SMILES string of the molecule is CCC(C)n1cc(C=O)c(-c2ccc([N+](=O)[O-])cc2)n1. The molecular formula is C14H15N3O3. The normalized spacial score (nSPS) is 12.1. The Morgan fingerprint density at radius 2 is 2.05 bits per heavy atom. The van der Waals surface area contributed by atoms with Crippen LogP contribution in [0.25, 0.3) is 11.3 Å². The van der Waals surface area contributed by atoms with Crippen LogP contribution in [0.3, 0.4) is 0 Å². The van der Waals surface area contributed by atoms with E-state index in [-0.39, 0.29) is 11.7 Å². The summed E-state index contributed by atoms with van der Waals surface area (Å²) < 4.78 is 1.75. The second kappa shape index (κ2) is 5.64. The second-order valence-electron chi connectivity index (χ2n) is 4.59. The van der Waals surface area contributed by atoms with Gasteiger partial charge in [-0.2, -0.15) is 5.10 Å². The van der Waals surface area contributed by atoms with Gasteiger partial charge in [-0.1, -0.05) is 6.92 Å². The Morgan fingerprint density at radius 3 is 2.55 bits per heavy atom. The fourth-order valence-corrected chi connectivity index (χ4v) is 1.87. The molecule has 1 heterocycles. The van der Waals surface area contributed by atoms with E-state index in [1.165, 1.54) is 12.1 Å². The number of nitro groups is 1. The fourth-order valence-electron chi connectivity index (χ4n) is 1.87. The Hall–Kier alpha value is -2.50. The number of hydrogen-bond acceptors (Lipinski definition) is 4. The summed E-state index contributed by atoms with van der Waals surface area (Å²) in [6.45, 7) is 4.06. The molecule has 0 amide bonds. The lowest BCUT2D eigenvalue weighted by molar-refractivity contribution is -0.384. The van der Waals surface area contributed by atoms with Gasteiger partial charge in [-0.05, 0) is 25.5 Å². The number of aromatic nitrogens is 2. The quantitative estimate of drug-likeness (QED) is 0.476. The lowest BCUT2D eigenvalue weighted by atomic mass is 10.1. The van der Waals surface area contributed by atoms with Crippen LogP contribution in [0.15, 0.2) is 30.5 Å². The van der Waals surface area contributed by atoms with Crippen molar-refractivity contribution in [2.75, 3.05) is 0 Å². The first-order valence-electron chi connectivity index (χ1n) is 6.36. The van der Waals surface area contributed by atoms with E-state index in [4.69, 9.17) is 0 Å². The molecule has 0 fully saturated rings. The molecule has 0 aliphatic carbocycles. The van der Waals surface area contributed by atoms with Crippen molar-refractivity contribution in [1.82, 2.24) is 9.78 Å². The van der Waals surface area contributed by atoms with E-state index >= 15 is 0 Å². The molecule has 2 rings (SSSR count). The number of non-ortho nitro benzene ring substituents is 1. The maximum absolute atomic E-state index is 11.1. The van der Waals surface area contributed by atoms with Crippen molar-refractivity contribution >= 4 is 12.0 Å². The van der Waals surface area contributed by atoms with Crippen LogP contribution in [-0.2, 0) is 0 Å². The van der Waals surface area contributed by atoms with Crippen molar-refractivity contribution in [2.24, 2.45) is 0 Å². The van der Waals surface area contributed by atoms with Crippen molar-refractivity contribution in [3.8, 4) is 11.3 Å². The monoisotopic (exact) mass is 273 g/mol. The molecule has 0 saturated carbocycles. The van der Waals surface area contributed by atoms with Crippen molar-refractivity contribution in [3.63, 3.8) is 0 Å². The summed E-state index contributed by atoms with van der Waals surface area (Å²) in [4.78, 5) is 21.3. The second-order valence-corrected chi connectivity index (χ2v) is 4.59. The maximum Gasteiger partial charge on any atom is 0.269 e. The summed E-state index contributed by atoms with van der Waals surface area (Å²) in [5.74, 6) is 0. The number of carbonyl (C=O) groups is 1. The topological polar surface area (TPSA) is 78.0 Å². The fraction of sp³-hybridized carbons (Fsp3) is 0.286. The van der Waals surface area contributed by atoms with Gasteiger partial charge in [0, 0.05) is 29.9 Å². The lowest BCUT2D eigenvalue weighted by Crippen LogP contribution is -2.04. The number of rotatable bonds is 5. The molecule has 1 unspecified atom stereocenters. The Bertz CT molecular complexity index is 632. The maximum atomic E-state index is 11.1. The van der Waals surface area contributed by atoms with E-state index in [0.29, 0.717) is 16.8 Å². The highest BCUT2D eigenvalue weighted by Crippen LogP contribution is 2.25. The molecule has 0 saturated heterocycles. The molecular weight excluding hydrogens is 258 g/mol. The van der Waals surface area contributed by atoms with E-state index in [0.717, 1.165) is 12.7 Å². The third-order valence-corrected chi connectivity index (χ3v) is 3.28. The minimum atomic E-state index is -0.456. The predicted octanol–water partition coefficient (Wildman–Crippen LogP) is 3.24. The number of aldehydes is 1. The first kappa shape index (κ1) is 13.9. The largest absolute Gasteiger partial charge is 0.298 e. The smallest absolute Gasteiger partial charge is 0.269 e. The first-order valence-corrected chi connectivity index (χ1v) is 6.36. The van der Waals surface area contributed by atoms with Crippen molar-refractivity contribution in [1.29, 1.82) is 0 Å². The lowest BCUT2D eigenvalue weighted by Gasteiger charge is -2.07. The molecule has 1 aromatic heterocycles. The van der Waals surface area contributed by atoms with Crippen molar-refractivity contribution in [3.05, 3.63) is 46.1 Å². The predicted molar refractivity (Wildman–Crippen MR) is 74.7 cm³/mol. The van der Waals surface area contributed by atoms with Crippen LogP contribution in [0.2, 0.25) is 0 Å². The van der Waals surface area contributed by atoms with Gasteiger partial charge >= 0.3 is 0 Å². The minimum absolute atomic E-state index is 0.0164. The molecule has 0 aliphatic heterocycles. The number of nitrogens with zero attached hydrogens (tertiary/aromatic N) is 3. The van der Waals surface area contributed by atoms with Crippen LogP contribution in [0.5, 0.6) is 0 Å². The van der Waals surface area contributed by atoms with Crippen LogP contribution in [-0.4, -0.2) is 21.0 Å². The highest BCUT2D eigenvalue weighted by atomic mass is 16.6. The molecule has 0 bridgehead atoms. The summed E-state index contributed by atoms with van der Waals surface area (Å²) in [5, 5.41) is 15.0.